The van der Waals surface area contributed by atoms with Gasteiger partial charge >= 0.3 is 15.6 Å². The van der Waals surface area contributed by atoms with Gasteiger partial charge in [0, 0.05) is 0 Å². The first-order chi connectivity index (χ1) is 13.7. The van der Waals surface area contributed by atoms with E-state index in [9.17, 15) is 33.4 Å². The maximum Gasteiger partial charge on any atom is 0.486 e. The number of aliphatic hydroxyl groups excluding tert-OH is 2. The Kier molecular flexibility index (Phi) is 8.58. The highest BCUT2D eigenvalue weighted by molar-refractivity contribution is 7.66. The molecule has 30 heavy (non-hydrogen) atoms. The minimum absolute atomic E-state index is 0.168. The molecule has 0 aliphatic carbocycles. The molecular weight excluding hydrogens is 500 g/mol. The topological polar surface area (TPSA) is 248 Å². The molecule has 8 N–H and O–H groups in total. The summed E-state index contributed by atoms with van der Waals surface area (Å²) < 4.78 is 53.3. The van der Waals surface area contributed by atoms with Crippen LogP contribution in [0.5, 0.6) is 0 Å². The molecule has 1 aromatic heterocycles. The van der Waals surface area contributed by atoms with Crippen molar-refractivity contribution in [1.82, 2.24) is 4.98 Å². The molecule has 20 heteroatoms. The summed E-state index contributed by atoms with van der Waals surface area (Å²) in [6, 6.07) is 0. The summed E-state index contributed by atoms with van der Waals surface area (Å²) in [5.41, 5.74) is 4.30. The molecule has 15 nitrogen and oxygen atoms in total. The molecule has 1 aromatic rings. The van der Waals surface area contributed by atoms with Crippen molar-refractivity contribution >= 4 is 41.3 Å². The highest BCUT2D eigenvalue weighted by Crippen LogP contribution is 2.63. The molecule has 1 fully saturated rings. The molecule has 1 amide bonds. The number of ether oxygens (including phenoxy) is 2. The van der Waals surface area contributed by atoms with Crippen molar-refractivity contribution in [3.8, 4) is 0 Å². The quantitative estimate of drug-likeness (QED) is 0.185. The lowest BCUT2D eigenvalue weighted by atomic mass is 10.1. The lowest BCUT2D eigenvalue weighted by Crippen LogP contribution is -2.33. The van der Waals surface area contributed by atoms with Crippen LogP contribution >= 0.6 is 35.4 Å². The third kappa shape index (κ3) is 7.02. The number of amides is 1. The number of aromatic nitrogens is 1. The molecule has 172 valence electrons. The molecule has 2 rings (SSSR count). The first-order valence-corrected chi connectivity index (χ1v) is 12.8. The molecule has 2 heterocycles. The van der Waals surface area contributed by atoms with Crippen molar-refractivity contribution in [1.29, 1.82) is 0 Å². The van der Waals surface area contributed by atoms with E-state index >= 15 is 0 Å². The molecule has 0 aromatic carbocycles. The average molecular weight is 516 g/mol. The van der Waals surface area contributed by atoms with Crippen molar-refractivity contribution in [2.75, 3.05) is 13.0 Å². The fourth-order valence-corrected chi connectivity index (χ4v) is 5.96. The van der Waals surface area contributed by atoms with Gasteiger partial charge in [0.15, 0.2) is 5.69 Å². The standard InChI is InChI=1S/C10H16FN2O13P3S/c11-8-4(9(12)16)13-10(30-8)7-6(15)5(14)3(24-7)1-23-2-27(17)25-29(21,22)26-28(18,19)20/h3,5-7,14-15,17H,1-2H2,(H2,12,16)(H,21,22)(H2,18,19,20). The number of aliphatic hydroxyl groups is 2. The van der Waals surface area contributed by atoms with Gasteiger partial charge in [0.25, 0.3) is 5.91 Å². The Balaban J connectivity index is 1.89. The normalized spacial score (nSPS) is 27.7. The van der Waals surface area contributed by atoms with Crippen molar-refractivity contribution in [2.45, 2.75) is 24.4 Å². The molecule has 1 aliphatic heterocycles. The Hall–Kier alpha value is -0.480. The van der Waals surface area contributed by atoms with Gasteiger partial charge in [-0.25, -0.2) is 18.4 Å². The van der Waals surface area contributed by atoms with E-state index in [4.69, 9.17) is 29.9 Å². The number of nitrogens with zero attached hydrogens (tertiary/aromatic N) is 1. The molecule has 1 saturated heterocycles. The van der Waals surface area contributed by atoms with Crippen LogP contribution in [-0.2, 0) is 27.2 Å². The molecule has 1 aliphatic rings. The molecule has 6 unspecified atom stereocenters. The molecular formula is C10H16FN2O13P3S. The molecule has 0 saturated carbocycles. The summed E-state index contributed by atoms with van der Waals surface area (Å²) in [7, 11) is -13.5. The van der Waals surface area contributed by atoms with Crippen molar-refractivity contribution in [3.63, 3.8) is 0 Å². The predicted molar refractivity (Wildman–Crippen MR) is 94.2 cm³/mol. The maximum atomic E-state index is 13.7. The van der Waals surface area contributed by atoms with Gasteiger partial charge in [0.05, 0.1) is 6.61 Å². The Bertz CT molecular complexity index is 866. The van der Waals surface area contributed by atoms with Gasteiger partial charge in [0.2, 0.25) is 13.5 Å². The van der Waals surface area contributed by atoms with Crippen molar-refractivity contribution in [2.24, 2.45) is 5.73 Å². The van der Waals surface area contributed by atoms with Crippen LogP contribution in [0, 0.1) is 5.13 Å². The summed E-state index contributed by atoms with van der Waals surface area (Å²) >= 11 is 0.378. The number of carbonyl (C=O) groups is 1. The first-order valence-electron chi connectivity index (χ1n) is 7.51. The van der Waals surface area contributed by atoms with Gasteiger partial charge in [-0.2, -0.15) is 8.70 Å². The van der Waals surface area contributed by atoms with Gasteiger partial charge in [-0.3, -0.25) is 4.79 Å². The average Bonchev–Trinajstić information content (AvgIpc) is 3.07. The van der Waals surface area contributed by atoms with Crippen LogP contribution in [-0.4, -0.2) is 71.9 Å². The Morgan fingerprint density at radius 2 is 1.93 bits per heavy atom. The van der Waals surface area contributed by atoms with E-state index < -0.39 is 78.1 Å². The number of hydrogen-bond donors (Lipinski definition) is 7. The molecule has 0 bridgehead atoms. The second kappa shape index (κ2) is 9.98. The maximum absolute atomic E-state index is 13.7. The van der Waals surface area contributed by atoms with Crippen LogP contribution < -0.4 is 5.73 Å². The fraction of sp³-hybridized carbons (Fsp3) is 0.600. The van der Waals surface area contributed by atoms with E-state index in [1.807, 2.05) is 0 Å². The van der Waals surface area contributed by atoms with Gasteiger partial charge in [-0.05, 0) is 0 Å². The zero-order valence-electron chi connectivity index (χ0n) is 14.4. The van der Waals surface area contributed by atoms with Gasteiger partial charge in [0.1, 0.15) is 35.8 Å². The zero-order chi connectivity index (χ0) is 22.9. The summed E-state index contributed by atoms with van der Waals surface area (Å²) in [4.78, 5) is 50.2. The highest BCUT2D eigenvalue weighted by Gasteiger charge is 2.45. The van der Waals surface area contributed by atoms with Crippen LogP contribution in [0.3, 0.4) is 0 Å². The third-order valence-corrected chi connectivity index (χ3v) is 7.90. The van der Waals surface area contributed by atoms with Gasteiger partial charge in [-0.1, -0.05) is 11.3 Å². The number of carbonyl (C=O) groups excluding carboxylic acids is 1. The smallest absolute Gasteiger partial charge is 0.387 e. The number of thiazole rings is 1. The minimum atomic E-state index is -5.37. The van der Waals surface area contributed by atoms with E-state index in [0.29, 0.717) is 11.3 Å². The van der Waals surface area contributed by atoms with Crippen molar-refractivity contribution < 1.29 is 66.2 Å². The van der Waals surface area contributed by atoms with E-state index in [0.717, 1.165) is 0 Å². The Morgan fingerprint density at radius 3 is 2.47 bits per heavy atom. The molecule has 0 spiro atoms. The largest absolute Gasteiger partial charge is 0.486 e. The second-order valence-corrected chi connectivity index (χ2v) is 10.8. The number of hydrogen-bond acceptors (Lipinski definition) is 12. The molecule has 0 radical (unpaired) electrons. The number of nitrogens with two attached hydrogens (primary N) is 1. The van der Waals surface area contributed by atoms with Crippen LogP contribution in [0.15, 0.2) is 0 Å². The van der Waals surface area contributed by atoms with E-state index in [2.05, 4.69) is 13.6 Å². The number of halogens is 1. The first kappa shape index (κ1) is 25.8. The zero-order valence-corrected chi connectivity index (χ0v) is 17.9. The SMILES string of the molecule is NC(=O)c1nc(C2OC(COCP(O)OP(=O)(O)OP(=O)(O)O)C(O)C2O)sc1F. The fourth-order valence-electron chi connectivity index (χ4n) is 2.22. The predicted octanol–water partition coefficient (Wildman–Crippen LogP) is -0.953. The lowest BCUT2D eigenvalue weighted by molar-refractivity contribution is -0.0381. The summed E-state index contributed by atoms with van der Waals surface area (Å²) in [6.07, 6.45) is -6.43. The van der Waals surface area contributed by atoms with Crippen LogP contribution in [0.25, 0.3) is 0 Å². The number of rotatable bonds is 10. The van der Waals surface area contributed by atoms with E-state index in [1.165, 1.54) is 0 Å². The summed E-state index contributed by atoms with van der Waals surface area (Å²) in [5.74, 6) is -1.14. The number of primary amides is 1. The van der Waals surface area contributed by atoms with E-state index in [-0.39, 0.29) is 5.01 Å². The van der Waals surface area contributed by atoms with Gasteiger partial charge < -0.3 is 45.0 Å². The van der Waals surface area contributed by atoms with Crippen LogP contribution in [0.4, 0.5) is 4.39 Å². The van der Waals surface area contributed by atoms with Gasteiger partial charge in [-0.15, -0.1) is 0 Å². The Labute approximate surface area is 171 Å². The van der Waals surface area contributed by atoms with E-state index in [1.54, 1.807) is 0 Å². The monoisotopic (exact) mass is 516 g/mol. The van der Waals surface area contributed by atoms with Crippen LogP contribution in [0.2, 0.25) is 0 Å². The number of phosphoric acid groups is 2. The summed E-state index contributed by atoms with van der Waals surface area (Å²) in [5, 5.41) is 18.9. The highest BCUT2D eigenvalue weighted by atomic mass is 32.1. The molecule has 6 atom stereocenters. The minimum Gasteiger partial charge on any atom is -0.387 e. The third-order valence-electron chi connectivity index (χ3n) is 3.33. The summed E-state index contributed by atoms with van der Waals surface area (Å²) in [6.45, 7) is -0.497. The Morgan fingerprint density at radius 1 is 1.30 bits per heavy atom. The lowest BCUT2D eigenvalue weighted by Gasteiger charge is -2.18. The van der Waals surface area contributed by atoms with Crippen molar-refractivity contribution in [3.05, 3.63) is 15.8 Å². The van der Waals surface area contributed by atoms with Crippen LogP contribution in [0.1, 0.15) is 21.6 Å². The second-order valence-electron chi connectivity index (χ2n) is 5.59.